The van der Waals surface area contributed by atoms with Crippen molar-refractivity contribution in [1.82, 2.24) is 20.2 Å². The van der Waals surface area contributed by atoms with Gasteiger partial charge >= 0.3 is 0 Å². The summed E-state index contributed by atoms with van der Waals surface area (Å²) in [5, 5.41) is 13.8. The number of anilines is 2. The minimum Gasteiger partial charge on any atom is -0.484 e. The maximum absolute atomic E-state index is 12.0. The fraction of sp³-hybridized carbons (Fsp3) is 0.310. The van der Waals surface area contributed by atoms with Gasteiger partial charge in [0.25, 0.3) is 5.91 Å². The van der Waals surface area contributed by atoms with Crippen molar-refractivity contribution in [3.63, 3.8) is 0 Å². The largest absolute Gasteiger partial charge is 0.484 e. The molecule has 0 saturated carbocycles. The first-order chi connectivity index (χ1) is 18.4. The van der Waals surface area contributed by atoms with Gasteiger partial charge in [-0.2, -0.15) is 0 Å². The number of hydrogen-bond donors (Lipinski definition) is 4. The number of fused-ring (bicyclic) bond motifs is 1. The molecule has 1 amide bonds. The molecule has 198 valence electrons. The summed E-state index contributed by atoms with van der Waals surface area (Å²) in [6.07, 6.45) is 3.50. The van der Waals surface area contributed by atoms with Crippen LogP contribution in [0.1, 0.15) is 37.6 Å². The second-order valence-corrected chi connectivity index (χ2v) is 9.45. The number of benzene rings is 2. The lowest BCUT2D eigenvalue weighted by Crippen LogP contribution is -2.34. The molecule has 0 bridgehead atoms. The van der Waals surface area contributed by atoms with Gasteiger partial charge in [-0.3, -0.25) is 9.69 Å². The van der Waals surface area contributed by atoms with Crippen molar-refractivity contribution in [2.75, 3.05) is 25.0 Å². The van der Waals surface area contributed by atoms with E-state index >= 15 is 0 Å². The standard InChI is InChI=1S/C29H35N7O2/c1-4-36-13-12-26-25(17-36)29(33-23-10-8-20(9-11-23)22(15-30)16-31)35-28(34-26)21-6-5-7-24(14-21)38-18-27(37)32-19(2)3/h5-11,14-16,19,30H,4,12-13,17-18,31H2,1-3H3,(H,32,37)(H,33,34,35)/b22-16+,30-15?. The lowest BCUT2D eigenvalue weighted by atomic mass is 10.0. The fourth-order valence-electron chi connectivity index (χ4n) is 4.32. The number of hydrogen-bond acceptors (Lipinski definition) is 8. The normalized spacial score (nSPS) is 13.6. The van der Waals surface area contributed by atoms with E-state index in [4.69, 9.17) is 25.8 Å². The summed E-state index contributed by atoms with van der Waals surface area (Å²) < 4.78 is 5.73. The number of ether oxygens (including phenoxy) is 1. The molecule has 1 aliphatic rings. The summed E-state index contributed by atoms with van der Waals surface area (Å²) in [7, 11) is 0. The summed E-state index contributed by atoms with van der Waals surface area (Å²) in [6.45, 7) is 8.60. The van der Waals surface area contributed by atoms with Gasteiger partial charge in [0.1, 0.15) is 11.6 Å². The molecule has 9 nitrogen and oxygen atoms in total. The van der Waals surface area contributed by atoms with Crippen molar-refractivity contribution in [2.24, 2.45) is 5.73 Å². The summed E-state index contributed by atoms with van der Waals surface area (Å²) >= 11 is 0. The van der Waals surface area contributed by atoms with Crippen molar-refractivity contribution in [3.8, 4) is 17.1 Å². The molecule has 0 aliphatic carbocycles. The summed E-state index contributed by atoms with van der Waals surface area (Å²) in [5.41, 5.74) is 11.0. The van der Waals surface area contributed by atoms with Crippen LogP contribution in [-0.4, -0.2) is 52.7 Å². The summed E-state index contributed by atoms with van der Waals surface area (Å²) in [4.78, 5) is 24.3. The molecular formula is C29H35N7O2. The van der Waals surface area contributed by atoms with Crippen LogP contribution in [0.25, 0.3) is 17.0 Å². The number of rotatable bonds is 10. The first-order valence-corrected chi connectivity index (χ1v) is 12.8. The number of allylic oxidation sites excluding steroid dienone is 1. The topological polar surface area (TPSA) is 129 Å². The average Bonchev–Trinajstić information content (AvgIpc) is 2.93. The van der Waals surface area contributed by atoms with Gasteiger partial charge in [0.2, 0.25) is 0 Å². The molecule has 9 heteroatoms. The molecule has 0 unspecified atom stereocenters. The van der Waals surface area contributed by atoms with Gasteiger partial charge < -0.3 is 26.5 Å². The number of nitrogens with two attached hydrogens (primary N) is 1. The number of amides is 1. The highest BCUT2D eigenvalue weighted by Gasteiger charge is 2.22. The third kappa shape index (κ3) is 6.54. The predicted octanol–water partition coefficient (Wildman–Crippen LogP) is 4.12. The molecule has 5 N–H and O–H groups in total. The van der Waals surface area contributed by atoms with Crippen LogP contribution in [0, 0.1) is 5.41 Å². The molecule has 0 radical (unpaired) electrons. The van der Waals surface area contributed by atoms with E-state index in [9.17, 15) is 4.79 Å². The molecule has 2 heterocycles. The van der Waals surface area contributed by atoms with Crippen molar-refractivity contribution >= 4 is 29.2 Å². The van der Waals surface area contributed by atoms with Crippen molar-refractivity contribution < 1.29 is 9.53 Å². The quantitative estimate of drug-likeness (QED) is 0.300. The molecule has 0 spiro atoms. The molecular weight excluding hydrogens is 478 g/mol. The highest BCUT2D eigenvalue weighted by Crippen LogP contribution is 2.30. The Morgan fingerprint density at radius 1 is 1.21 bits per heavy atom. The van der Waals surface area contributed by atoms with Crippen LogP contribution in [0.15, 0.2) is 54.7 Å². The predicted molar refractivity (Wildman–Crippen MR) is 152 cm³/mol. The number of likely N-dealkylation sites (N-methyl/N-ethyl adjacent to an activating group) is 1. The van der Waals surface area contributed by atoms with Gasteiger partial charge in [0.15, 0.2) is 12.4 Å². The van der Waals surface area contributed by atoms with E-state index < -0.39 is 0 Å². The Morgan fingerprint density at radius 2 is 2.00 bits per heavy atom. The van der Waals surface area contributed by atoms with Crippen molar-refractivity contribution in [1.29, 1.82) is 5.41 Å². The van der Waals surface area contributed by atoms with E-state index in [1.165, 1.54) is 12.4 Å². The molecule has 1 aromatic heterocycles. The highest BCUT2D eigenvalue weighted by atomic mass is 16.5. The smallest absolute Gasteiger partial charge is 0.258 e. The van der Waals surface area contributed by atoms with Crippen LogP contribution in [-0.2, 0) is 17.8 Å². The molecule has 2 aromatic carbocycles. The Morgan fingerprint density at radius 3 is 2.68 bits per heavy atom. The zero-order valence-electron chi connectivity index (χ0n) is 22.1. The molecule has 38 heavy (non-hydrogen) atoms. The number of aromatic nitrogens is 2. The summed E-state index contributed by atoms with van der Waals surface area (Å²) in [6, 6.07) is 15.3. The Kier molecular flexibility index (Phi) is 8.70. The monoisotopic (exact) mass is 513 g/mol. The van der Waals surface area contributed by atoms with Gasteiger partial charge in [-0.1, -0.05) is 31.2 Å². The SMILES string of the molecule is CCN1CCc2nc(-c3cccc(OCC(=O)NC(C)C)c3)nc(Nc3ccc(/C(C=N)=C/N)cc3)c2C1. The lowest BCUT2D eigenvalue weighted by molar-refractivity contribution is -0.123. The average molecular weight is 514 g/mol. The zero-order chi connectivity index (χ0) is 27.1. The Bertz CT molecular complexity index is 1320. The van der Waals surface area contributed by atoms with Gasteiger partial charge in [-0.25, -0.2) is 9.97 Å². The minimum absolute atomic E-state index is 0.0542. The van der Waals surface area contributed by atoms with Crippen molar-refractivity contribution in [3.05, 3.63) is 71.6 Å². The number of nitrogens with zero attached hydrogens (tertiary/aromatic N) is 3. The third-order valence-electron chi connectivity index (χ3n) is 6.31. The van der Waals surface area contributed by atoms with Crippen LogP contribution in [0.3, 0.4) is 0 Å². The van der Waals surface area contributed by atoms with Crippen LogP contribution in [0.5, 0.6) is 5.75 Å². The Labute approximate surface area is 223 Å². The van der Waals surface area contributed by atoms with Crippen LogP contribution in [0.2, 0.25) is 0 Å². The maximum atomic E-state index is 12.0. The Hall–Kier alpha value is -4.24. The van der Waals surface area contributed by atoms with Crippen LogP contribution in [0.4, 0.5) is 11.5 Å². The number of nitrogens with one attached hydrogen (secondary N) is 3. The van der Waals surface area contributed by atoms with Crippen LogP contribution < -0.4 is 21.1 Å². The molecule has 3 aromatic rings. The summed E-state index contributed by atoms with van der Waals surface area (Å²) in [5.74, 6) is 1.78. The Balaban J connectivity index is 1.63. The third-order valence-corrected chi connectivity index (χ3v) is 6.31. The van der Waals surface area contributed by atoms with E-state index in [-0.39, 0.29) is 18.6 Å². The first-order valence-electron chi connectivity index (χ1n) is 12.8. The second kappa shape index (κ2) is 12.3. The van der Waals surface area contributed by atoms with E-state index in [0.717, 1.165) is 59.9 Å². The van der Waals surface area contributed by atoms with Gasteiger partial charge in [0, 0.05) is 60.4 Å². The zero-order valence-corrected chi connectivity index (χ0v) is 22.1. The number of carbonyl (C=O) groups is 1. The molecule has 0 fully saturated rings. The number of carbonyl (C=O) groups excluding carboxylic acids is 1. The molecule has 0 atom stereocenters. The second-order valence-electron chi connectivity index (χ2n) is 9.45. The van der Waals surface area contributed by atoms with E-state index in [2.05, 4.69) is 22.5 Å². The molecule has 4 rings (SSSR count). The highest BCUT2D eigenvalue weighted by molar-refractivity contribution is 6.08. The van der Waals surface area contributed by atoms with Crippen molar-refractivity contribution in [2.45, 2.75) is 39.8 Å². The first kappa shape index (κ1) is 26.8. The van der Waals surface area contributed by atoms with Crippen LogP contribution >= 0.6 is 0 Å². The van der Waals surface area contributed by atoms with Gasteiger partial charge in [-0.15, -0.1) is 0 Å². The van der Waals surface area contributed by atoms with Gasteiger partial charge in [0.05, 0.1) is 5.69 Å². The lowest BCUT2D eigenvalue weighted by Gasteiger charge is -2.28. The van der Waals surface area contributed by atoms with E-state index in [1.807, 2.05) is 62.4 Å². The molecule has 0 saturated heterocycles. The van der Waals surface area contributed by atoms with Gasteiger partial charge in [-0.05, 0) is 50.2 Å². The van der Waals surface area contributed by atoms with E-state index in [0.29, 0.717) is 17.1 Å². The van der Waals surface area contributed by atoms with E-state index in [1.54, 1.807) is 0 Å². The minimum atomic E-state index is -0.164. The fourth-order valence-corrected chi connectivity index (χ4v) is 4.32. The maximum Gasteiger partial charge on any atom is 0.258 e. The molecule has 1 aliphatic heterocycles.